The van der Waals surface area contributed by atoms with Crippen molar-refractivity contribution >= 4 is 43.7 Å². The van der Waals surface area contributed by atoms with Gasteiger partial charge in [0.2, 0.25) is 0 Å². The van der Waals surface area contributed by atoms with Crippen LogP contribution in [0.4, 0.5) is 0 Å². The van der Waals surface area contributed by atoms with Gasteiger partial charge >= 0.3 is 0 Å². The largest absolute Gasteiger partial charge is 0.308 e. The maximum Gasteiger partial charge on any atom is 0.147 e. The first kappa shape index (κ1) is 20.0. The maximum absolute atomic E-state index is 9.67. The lowest BCUT2D eigenvalue weighted by Crippen LogP contribution is -1.98. The molecule has 166 valence electrons. The Morgan fingerprint density at radius 2 is 1.19 bits per heavy atom. The number of pyridine rings is 1. The minimum absolute atomic E-state index is 0.451. The zero-order valence-electron chi connectivity index (χ0n) is 19.1. The highest BCUT2D eigenvalue weighted by Gasteiger charge is 2.21. The van der Waals surface area contributed by atoms with Crippen LogP contribution in [0.5, 0.6) is 0 Å². The Balaban J connectivity index is 1.75. The first-order chi connectivity index (χ1) is 17.8. The molecule has 3 aromatic heterocycles. The van der Waals surface area contributed by atoms with Crippen molar-refractivity contribution in [1.82, 2.24) is 14.1 Å². The molecule has 0 N–H and O–H groups in total. The van der Waals surface area contributed by atoms with E-state index in [1.54, 1.807) is 6.07 Å². The van der Waals surface area contributed by atoms with Crippen LogP contribution < -0.4 is 0 Å². The molecule has 0 atom stereocenters. The number of para-hydroxylation sites is 3. The van der Waals surface area contributed by atoms with Gasteiger partial charge in [0.1, 0.15) is 5.65 Å². The van der Waals surface area contributed by atoms with E-state index >= 15 is 0 Å². The van der Waals surface area contributed by atoms with Gasteiger partial charge < -0.3 is 4.57 Å². The lowest BCUT2D eigenvalue weighted by molar-refractivity contribution is 1.13. The fourth-order valence-electron chi connectivity index (χ4n) is 5.33. The molecule has 0 aliphatic rings. The fraction of sp³-hybridized carbons (Fsp3) is 0. The van der Waals surface area contributed by atoms with Gasteiger partial charge in [0.25, 0.3) is 0 Å². The molecule has 0 amide bonds. The van der Waals surface area contributed by atoms with Crippen molar-refractivity contribution in [1.29, 1.82) is 10.5 Å². The summed E-state index contributed by atoms with van der Waals surface area (Å²) in [5.41, 5.74) is 6.65. The van der Waals surface area contributed by atoms with Gasteiger partial charge in [-0.15, -0.1) is 0 Å². The average Bonchev–Trinajstić information content (AvgIpc) is 3.46. The minimum Gasteiger partial charge on any atom is -0.308 e. The Morgan fingerprint density at radius 1 is 0.583 bits per heavy atom. The summed E-state index contributed by atoms with van der Waals surface area (Å²) in [6.45, 7) is 0. The highest BCUT2D eigenvalue weighted by molar-refractivity contribution is 6.25. The van der Waals surface area contributed by atoms with E-state index in [1.165, 1.54) is 0 Å². The van der Waals surface area contributed by atoms with Crippen LogP contribution in [0.3, 0.4) is 0 Å². The van der Waals surface area contributed by atoms with E-state index < -0.39 is 0 Å². The summed E-state index contributed by atoms with van der Waals surface area (Å²) < 4.78 is 4.36. The summed E-state index contributed by atoms with van der Waals surface area (Å²) in [6.07, 6.45) is 1.94. The molecule has 0 fully saturated rings. The number of nitrogens with zero attached hydrogens (tertiary/aromatic N) is 5. The number of nitriles is 2. The Morgan fingerprint density at radius 3 is 1.89 bits per heavy atom. The van der Waals surface area contributed by atoms with Crippen LogP contribution in [-0.2, 0) is 0 Å². The van der Waals surface area contributed by atoms with Gasteiger partial charge in [0.05, 0.1) is 45.2 Å². The Bertz CT molecular complexity index is 2030. The second kappa shape index (κ2) is 7.56. The molecule has 7 rings (SSSR count). The van der Waals surface area contributed by atoms with Gasteiger partial charge in [-0.1, -0.05) is 54.6 Å². The molecule has 0 saturated carbocycles. The molecule has 5 nitrogen and oxygen atoms in total. The third-order valence-corrected chi connectivity index (χ3v) is 6.76. The molecule has 0 aliphatic heterocycles. The van der Waals surface area contributed by atoms with Crippen LogP contribution >= 0.6 is 0 Å². The molecule has 36 heavy (non-hydrogen) atoms. The monoisotopic (exact) mass is 459 g/mol. The van der Waals surface area contributed by atoms with Gasteiger partial charge in [-0.3, -0.25) is 4.57 Å². The molecule has 0 saturated heterocycles. The van der Waals surface area contributed by atoms with Crippen molar-refractivity contribution in [3.63, 3.8) is 0 Å². The summed E-state index contributed by atoms with van der Waals surface area (Å²) >= 11 is 0. The van der Waals surface area contributed by atoms with Crippen molar-refractivity contribution in [2.24, 2.45) is 0 Å². The van der Waals surface area contributed by atoms with Crippen LogP contribution in [0.1, 0.15) is 11.1 Å². The summed E-state index contributed by atoms with van der Waals surface area (Å²) in [7, 11) is 0. The third kappa shape index (κ3) is 2.72. The zero-order chi connectivity index (χ0) is 24.2. The van der Waals surface area contributed by atoms with Crippen LogP contribution in [0, 0.1) is 22.7 Å². The van der Waals surface area contributed by atoms with E-state index in [9.17, 15) is 10.5 Å². The van der Waals surface area contributed by atoms with Gasteiger partial charge in [-0.05, 0) is 42.5 Å². The lowest BCUT2D eigenvalue weighted by atomic mass is 10.1. The summed E-state index contributed by atoms with van der Waals surface area (Å²) in [5, 5.41) is 23.5. The highest BCUT2D eigenvalue weighted by Crippen LogP contribution is 2.40. The van der Waals surface area contributed by atoms with Crippen molar-refractivity contribution in [2.75, 3.05) is 0 Å². The van der Waals surface area contributed by atoms with Crippen LogP contribution in [-0.4, -0.2) is 14.1 Å². The average molecular weight is 460 g/mol. The Labute approximate surface area is 206 Å². The second-order valence-corrected chi connectivity index (χ2v) is 8.75. The number of rotatable bonds is 2. The fourth-order valence-corrected chi connectivity index (χ4v) is 5.33. The van der Waals surface area contributed by atoms with E-state index in [-0.39, 0.29) is 0 Å². The summed E-state index contributed by atoms with van der Waals surface area (Å²) in [6, 6.07) is 36.5. The number of aromatic nitrogens is 3. The lowest BCUT2D eigenvalue weighted by Gasteiger charge is -2.10. The molecule has 0 spiro atoms. The molecule has 5 heteroatoms. The molecule has 0 unspecified atom stereocenters. The highest BCUT2D eigenvalue weighted by atomic mass is 15.1. The molecule has 3 heterocycles. The summed E-state index contributed by atoms with van der Waals surface area (Å²) in [5.74, 6) is 0. The standard InChI is InChI=1S/C31H17N5/c32-17-20-14-21(18-33)16-23(15-20)35-27-12-6-4-10-24(27)26-19-34-31-29(30(26)35)25-11-5-7-13-28(25)36(31)22-8-2-1-3-9-22/h1-16,19H. The molecule has 4 aromatic carbocycles. The van der Waals surface area contributed by atoms with Gasteiger partial charge in [-0.2, -0.15) is 10.5 Å². The van der Waals surface area contributed by atoms with Crippen LogP contribution in [0.2, 0.25) is 0 Å². The minimum atomic E-state index is 0.451. The molecule has 0 bridgehead atoms. The maximum atomic E-state index is 9.67. The molecular formula is C31H17N5. The Kier molecular flexibility index (Phi) is 4.21. The SMILES string of the molecule is N#Cc1cc(C#N)cc(-n2c3ccccc3c3cnc4c(c5ccccc5n4-c4ccccc4)c32)c1. The molecule has 0 aliphatic carbocycles. The zero-order valence-corrected chi connectivity index (χ0v) is 19.1. The quantitative estimate of drug-likeness (QED) is 0.279. The van der Waals surface area contributed by atoms with E-state index in [0.29, 0.717) is 11.1 Å². The van der Waals surface area contributed by atoms with Gasteiger partial charge in [0, 0.05) is 33.7 Å². The molecule has 7 aromatic rings. The second-order valence-electron chi connectivity index (χ2n) is 8.75. The number of hydrogen-bond acceptors (Lipinski definition) is 3. The van der Waals surface area contributed by atoms with Crippen LogP contribution in [0.15, 0.2) is 103 Å². The number of benzene rings is 4. The van der Waals surface area contributed by atoms with Crippen molar-refractivity contribution in [3.05, 3.63) is 114 Å². The molecular weight excluding hydrogens is 442 g/mol. The Hall–Kier alpha value is -5.39. The predicted octanol–water partition coefficient (Wildman–Crippen LogP) is 7.02. The van der Waals surface area contributed by atoms with Gasteiger partial charge in [0.15, 0.2) is 0 Å². The normalized spacial score (nSPS) is 11.3. The van der Waals surface area contributed by atoms with Crippen molar-refractivity contribution in [2.45, 2.75) is 0 Å². The van der Waals surface area contributed by atoms with E-state index in [0.717, 1.165) is 55.1 Å². The van der Waals surface area contributed by atoms with E-state index in [1.807, 2.05) is 60.8 Å². The van der Waals surface area contributed by atoms with Crippen molar-refractivity contribution < 1.29 is 0 Å². The molecule has 0 radical (unpaired) electrons. The number of fused-ring (bicyclic) bond motifs is 7. The van der Waals surface area contributed by atoms with Crippen LogP contribution in [0.25, 0.3) is 55.1 Å². The first-order valence-electron chi connectivity index (χ1n) is 11.6. The van der Waals surface area contributed by atoms with E-state index in [4.69, 9.17) is 4.98 Å². The van der Waals surface area contributed by atoms with Crippen molar-refractivity contribution in [3.8, 4) is 23.5 Å². The smallest absolute Gasteiger partial charge is 0.147 e. The third-order valence-electron chi connectivity index (χ3n) is 6.76. The predicted molar refractivity (Wildman–Crippen MR) is 142 cm³/mol. The first-order valence-corrected chi connectivity index (χ1v) is 11.6. The van der Waals surface area contributed by atoms with E-state index in [2.05, 4.69) is 57.7 Å². The number of hydrogen-bond donors (Lipinski definition) is 0. The topological polar surface area (TPSA) is 70.3 Å². The summed E-state index contributed by atoms with van der Waals surface area (Å²) in [4.78, 5) is 4.99. The van der Waals surface area contributed by atoms with Gasteiger partial charge in [-0.25, -0.2) is 4.98 Å².